The van der Waals surface area contributed by atoms with Crippen LogP contribution in [0.15, 0.2) is 18.2 Å². The second-order valence-corrected chi connectivity index (χ2v) is 3.25. The van der Waals surface area contributed by atoms with Crippen LogP contribution in [0.1, 0.15) is 0 Å². The van der Waals surface area contributed by atoms with Gasteiger partial charge < -0.3 is 25.6 Å². The summed E-state index contributed by atoms with van der Waals surface area (Å²) in [7, 11) is 1.62. The quantitative estimate of drug-likeness (QED) is 0.471. The predicted octanol–water partition coefficient (Wildman–Crippen LogP) is 0.698. The van der Waals surface area contributed by atoms with E-state index in [0.717, 1.165) is 5.69 Å². The molecular formula is C11H18N2O3. The molecule has 16 heavy (non-hydrogen) atoms. The molecule has 0 atom stereocenters. The topological polar surface area (TPSA) is 76.7 Å². The van der Waals surface area contributed by atoms with Crippen molar-refractivity contribution in [2.75, 3.05) is 44.5 Å². The molecule has 0 aromatic heterocycles. The van der Waals surface area contributed by atoms with E-state index in [2.05, 4.69) is 5.32 Å². The largest absolute Gasteiger partial charge is 0.489 e. The van der Waals surface area contributed by atoms with E-state index in [0.29, 0.717) is 31.2 Å². The number of aliphatic hydroxyl groups is 1. The van der Waals surface area contributed by atoms with Crippen LogP contribution >= 0.6 is 0 Å². The van der Waals surface area contributed by atoms with E-state index in [1.807, 2.05) is 0 Å². The Kier molecular flexibility index (Phi) is 5.45. The molecular weight excluding hydrogens is 208 g/mol. The Hall–Kier alpha value is -1.46. The first-order chi connectivity index (χ1) is 7.77. The molecule has 1 aromatic carbocycles. The van der Waals surface area contributed by atoms with Crippen molar-refractivity contribution in [2.45, 2.75) is 0 Å². The van der Waals surface area contributed by atoms with E-state index in [-0.39, 0.29) is 6.61 Å². The molecule has 5 heteroatoms. The van der Waals surface area contributed by atoms with Gasteiger partial charge in [-0.2, -0.15) is 0 Å². The molecule has 0 saturated carbocycles. The first kappa shape index (κ1) is 12.6. The van der Waals surface area contributed by atoms with Gasteiger partial charge in [0.05, 0.1) is 18.9 Å². The third-order valence-electron chi connectivity index (χ3n) is 1.98. The first-order valence-corrected chi connectivity index (χ1v) is 5.14. The van der Waals surface area contributed by atoms with Crippen molar-refractivity contribution in [3.8, 4) is 5.75 Å². The van der Waals surface area contributed by atoms with Gasteiger partial charge in [0, 0.05) is 19.3 Å². The lowest BCUT2D eigenvalue weighted by atomic mass is 10.2. The number of benzene rings is 1. The summed E-state index contributed by atoms with van der Waals surface area (Å²) in [6.45, 7) is 1.54. The molecule has 0 aliphatic rings. The molecule has 1 aromatic rings. The highest BCUT2D eigenvalue weighted by atomic mass is 16.5. The molecule has 0 bridgehead atoms. The maximum Gasteiger partial charge on any atom is 0.142 e. The van der Waals surface area contributed by atoms with Crippen LogP contribution in [0.3, 0.4) is 0 Å². The normalized spacial score (nSPS) is 10.1. The fourth-order valence-electron chi connectivity index (χ4n) is 1.24. The fourth-order valence-corrected chi connectivity index (χ4v) is 1.24. The molecule has 0 spiro atoms. The number of nitrogen functional groups attached to an aromatic ring is 1. The number of methoxy groups -OCH3 is 1. The number of hydrogen-bond acceptors (Lipinski definition) is 5. The van der Waals surface area contributed by atoms with E-state index in [1.165, 1.54) is 0 Å². The third-order valence-corrected chi connectivity index (χ3v) is 1.98. The highest BCUT2D eigenvalue weighted by Crippen LogP contribution is 2.26. The molecule has 0 fully saturated rings. The maximum absolute atomic E-state index is 8.75. The van der Waals surface area contributed by atoms with Gasteiger partial charge in [-0.25, -0.2) is 0 Å². The van der Waals surface area contributed by atoms with Crippen molar-refractivity contribution in [3.05, 3.63) is 18.2 Å². The zero-order valence-electron chi connectivity index (χ0n) is 9.40. The average molecular weight is 226 g/mol. The number of anilines is 2. The molecule has 0 radical (unpaired) electrons. The van der Waals surface area contributed by atoms with Gasteiger partial charge in [0.2, 0.25) is 0 Å². The van der Waals surface area contributed by atoms with Gasteiger partial charge in [0.15, 0.2) is 0 Å². The lowest BCUT2D eigenvalue weighted by Gasteiger charge is -2.13. The van der Waals surface area contributed by atoms with E-state index < -0.39 is 0 Å². The lowest BCUT2D eigenvalue weighted by Crippen LogP contribution is -2.10. The number of ether oxygens (including phenoxy) is 2. The van der Waals surface area contributed by atoms with Crippen LogP contribution < -0.4 is 15.8 Å². The zero-order chi connectivity index (χ0) is 11.8. The van der Waals surface area contributed by atoms with Crippen molar-refractivity contribution in [1.29, 1.82) is 0 Å². The van der Waals surface area contributed by atoms with Crippen LogP contribution in [0.25, 0.3) is 0 Å². The van der Waals surface area contributed by atoms with Gasteiger partial charge in [-0.1, -0.05) is 0 Å². The minimum Gasteiger partial charge on any atom is -0.489 e. The molecule has 0 aliphatic carbocycles. The predicted molar refractivity (Wildman–Crippen MR) is 63.8 cm³/mol. The Morgan fingerprint density at radius 3 is 2.88 bits per heavy atom. The van der Waals surface area contributed by atoms with Gasteiger partial charge in [0.25, 0.3) is 0 Å². The second-order valence-electron chi connectivity index (χ2n) is 3.25. The maximum atomic E-state index is 8.75. The Morgan fingerprint density at radius 2 is 2.19 bits per heavy atom. The second kappa shape index (κ2) is 6.92. The minimum absolute atomic E-state index is 0.0618. The highest BCUT2D eigenvalue weighted by Gasteiger charge is 2.03. The van der Waals surface area contributed by atoms with Crippen molar-refractivity contribution < 1.29 is 14.6 Å². The van der Waals surface area contributed by atoms with Crippen molar-refractivity contribution in [2.24, 2.45) is 0 Å². The summed E-state index contributed by atoms with van der Waals surface area (Å²) in [5.74, 6) is 0.708. The Bertz CT molecular complexity index is 318. The van der Waals surface area contributed by atoms with E-state index >= 15 is 0 Å². The van der Waals surface area contributed by atoms with Gasteiger partial charge in [0.1, 0.15) is 12.4 Å². The molecule has 0 unspecified atom stereocenters. The van der Waals surface area contributed by atoms with Gasteiger partial charge in [-0.3, -0.25) is 0 Å². The summed E-state index contributed by atoms with van der Waals surface area (Å²) in [5.41, 5.74) is 7.11. The number of hydrogen-bond donors (Lipinski definition) is 3. The standard InChI is InChI=1S/C11H18N2O3/c1-15-6-7-16-11-3-2-9(12)8-10(11)13-4-5-14/h2-3,8,13-14H,4-7,12H2,1H3. The summed E-state index contributed by atoms with van der Waals surface area (Å²) < 4.78 is 10.4. The number of rotatable bonds is 7. The molecule has 0 aliphatic heterocycles. The fraction of sp³-hybridized carbons (Fsp3) is 0.455. The molecule has 0 saturated heterocycles. The number of aliphatic hydroxyl groups excluding tert-OH is 1. The summed E-state index contributed by atoms with van der Waals surface area (Å²) in [5, 5.41) is 11.8. The average Bonchev–Trinajstić information content (AvgIpc) is 2.29. The Morgan fingerprint density at radius 1 is 1.38 bits per heavy atom. The van der Waals surface area contributed by atoms with Crippen molar-refractivity contribution >= 4 is 11.4 Å². The van der Waals surface area contributed by atoms with Gasteiger partial charge in [-0.15, -0.1) is 0 Å². The number of nitrogens with one attached hydrogen (secondary N) is 1. The number of nitrogens with two attached hydrogens (primary N) is 1. The smallest absolute Gasteiger partial charge is 0.142 e. The molecule has 0 amide bonds. The zero-order valence-corrected chi connectivity index (χ0v) is 9.40. The first-order valence-electron chi connectivity index (χ1n) is 5.14. The molecule has 90 valence electrons. The third kappa shape index (κ3) is 3.96. The molecule has 4 N–H and O–H groups in total. The van der Waals surface area contributed by atoms with Gasteiger partial charge >= 0.3 is 0 Å². The summed E-state index contributed by atoms with van der Waals surface area (Å²) in [4.78, 5) is 0. The summed E-state index contributed by atoms with van der Waals surface area (Å²) in [6.07, 6.45) is 0. The lowest BCUT2D eigenvalue weighted by molar-refractivity contribution is 0.146. The SMILES string of the molecule is COCCOc1ccc(N)cc1NCCO. The van der Waals surface area contributed by atoms with Crippen LogP contribution in [0.5, 0.6) is 5.75 Å². The highest BCUT2D eigenvalue weighted by molar-refractivity contribution is 5.63. The minimum atomic E-state index is 0.0618. The summed E-state index contributed by atoms with van der Waals surface area (Å²) in [6, 6.07) is 5.34. The molecule has 5 nitrogen and oxygen atoms in total. The van der Waals surface area contributed by atoms with Crippen LogP contribution in [-0.4, -0.2) is 38.6 Å². The Labute approximate surface area is 95.2 Å². The van der Waals surface area contributed by atoms with E-state index in [4.69, 9.17) is 20.3 Å². The van der Waals surface area contributed by atoms with Crippen LogP contribution in [0, 0.1) is 0 Å². The molecule has 0 heterocycles. The van der Waals surface area contributed by atoms with E-state index in [9.17, 15) is 0 Å². The van der Waals surface area contributed by atoms with Crippen LogP contribution in [0.4, 0.5) is 11.4 Å². The van der Waals surface area contributed by atoms with E-state index in [1.54, 1.807) is 25.3 Å². The summed E-state index contributed by atoms with van der Waals surface area (Å²) >= 11 is 0. The van der Waals surface area contributed by atoms with Crippen molar-refractivity contribution in [1.82, 2.24) is 0 Å². The monoisotopic (exact) mass is 226 g/mol. The molecule has 1 rings (SSSR count). The van der Waals surface area contributed by atoms with Gasteiger partial charge in [-0.05, 0) is 18.2 Å². The van der Waals surface area contributed by atoms with Crippen LogP contribution in [-0.2, 0) is 4.74 Å². The van der Waals surface area contributed by atoms with Crippen molar-refractivity contribution in [3.63, 3.8) is 0 Å². The Balaban J connectivity index is 2.64. The van der Waals surface area contributed by atoms with Crippen LogP contribution in [0.2, 0.25) is 0 Å².